The van der Waals surface area contributed by atoms with Crippen LogP contribution < -0.4 is 24.5 Å². The Hall–Kier alpha value is -3.30. The molecule has 0 spiro atoms. The smallest absolute Gasteiger partial charge is 0.338 e. The molecular formula is C28H32ClN3O5S. The van der Waals surface area contributed by atoms with E-state index in [-0.39, 0.29) is 12.2 Å². The molecule has 3 aromatic rings. The first-order valence-corrected chi connectivity index (χ1v) is 14.0. The van der Waals surface area contributed by atoms with Gasteiger partial charge in [-0.1, -0.05) is 36.3 Å². The molecule has 8 nitrogen and oxygen atoms in total. The highest BCUT2D eigenvalue weighted by Gasteiger charge is 2.36. The molecule has 0 radical (unpaired) electrons. The van der Waals surface area contributed by atoms with Crippen molar-refractivity contribution in [3.63, 3.8) is 0 Å². The highest BCUT2D eigenvalue weighted by atomic mass is 35.5. The zero-order chi connectivity index (χ0) is 27.4. The van der Waals surface area contributed by atoms with E-state index in [1.807, 2.05) is 19.1 Å². The number of hydrogen-bond acceptors (Lipinski definition) is 8. The van der Waals surface area contributed by atoms with Crippen LogP contribution >= 0.6 is 22.9 Å². The second-order valence-electron chi connectivity index (χ2n) is 8.65. The third-order valence-electron chi connectivity index (χ3n) is 6.34. The largest absolute Gasteiger partial charge is 0.496 e. The highest BCUT2D eigenvalue weighted by Crippen LogP contribution is 2.38. The van der Waals surface area contributed by atoms with Crippen molar-refractivity contribution in [3.8, 4) is 5.75 Å². The molecule has 0 amide bonds. The Kier molecular flexibility index (Phi) is 8.79. The maximum Gasteiger partial charge on any atom is 0.338 e. The zero-order valence-electron chi connectivity index (χ0n) is 22.2. The van der Waals surface area contributed by atoms with Crippen LogP contribution in [0.1, 0.15) is 57.9 Å². The van der Waals surface area contributed by atoms with E-state index in [0.29, 0.717) is 49.1 Å². The number of furan rings is 1. The Balaban J connectivity index is 1.98. The Morgan fingerprint density at radius 1 is 1.21 bits per heavy atom. The number of rotatable bonds is 10. The number of hydrogen-bond donors (Lipinski definition) is 0. The van der Waals surface area contributed by atoms with Crippen LogP contribution in [0.2, 0.25) is 5.02 Å². The number of fused-ring (bicyclic) bond motifs is 1. The van der Waals surface area contributed by atoms with Crippen molar-refractivity contribution in [3.05, 3.63) is 77.6 Å². The number of allylic oxidation sites excluding steroid dienone is 1. The van der Waals surface area contributed by atoms with Crippen LogP contribution in [-0.2, 0) is 9.53 Å². The van der Waals surface area contributed by atoms with Gasteiger partial charge in [0.25, 0.3) is 5.56 Å². The molecule has 38 heavy (non-hydrogen) atoms. The summed E-state index contributed by atoms with van der Waals surface area (Å²) in [6, 6.07) is 8.08. The van der Waals surface area contributed by atoms with Gasteiger partial charge in [-0.25, -0.2) is 9.79 Å². The fraction of sp³-hybridized carbons (Fsp3) is 0.393. The van der Waals surface area contributed by atoms with Gasteiger partial charge in [-0.05, 0) is 51.5 Å². The number of esters is 1. The first-order valence-electron chi connectivity index (χ1n) is 12.8. The van der Waals surface area contributed by atoms with Gasteiger partial charge >= 0.3 is 5.97 Å². The zero-order valence-corrected chi connectivity index (χ0v) is 23.8. The van der Waals surface area contributed by atoms with Gasteiger partial charge in [-0.3, -0.25) is 9.36 Å². The molecule has 0 saturated carbocycles. The molecule has 4 rings (SSSR count). The predicted octanol–water partition coefficient (Wildman–Crippen LogP) is 4.68. The molecule has 202 valence electrons. The Bertz CT molecular complexity index is 1530. The molecule has 0 saturated heterocycles. The minimum atomic E-state index is -0.814. The molecule has 1 aromatic carbocycles. The summed E-state index contributed by atoms with van der Waals surface area (Å²) in [4.78, 5) is 34.6. The van der Waals surface area contributed by atoms with E-state index in [1.165, 1.54) is 15.9 Å². The van der Waals surface area contributed by atoms with E-state index >= 15 is 0 Å². The number of thiazole rings is 1. The van der Waals surface area contributed by atoms with Gasteiger partial charge in [-0.15, -0.1) is 0 Å². The van der Waals surface area contributed by atoms with Crippen LogP contribution in [0.25, 0.3) is 6.08 Å². The van der Waals surface area contributed by atoms with Crippen LogP contribution in [0.4, 0.5) is 5.88 Å². The second kappa shape index (κ2) is 12.0. The van der Waals surface area contributed by atoms with E-state index in [4.69, 9.17) is 30.5 Å². The normalized spacial score (nSPS) is 15.3. The minimum Gasteiger partial charge on any atom is -0.496 e. The maximum absolute atomic E-state index is 13.9. The predicted molar refractivity (Wildman–Crippen MR) is 150 cm³/mol. The number of methoxy groups -OCH3 is 1. The average molecular weight is 558 g/mol. The van der Waals surface area contributed by atoms with Gasteiger partial charge in [0.05, 0.1) is 29.5 Å². The number of ether oxygens (including phenoxy) is 2. The van der Waals surface area contributed by atoms with Crippen molar-refractivity contribution >= 4 is 40.9 Å². The molecule has 3 heterocycles. The van der Waals surface area contributed by atoms with Crippen LogP contribution in [0.5, 0.6) is 5.75 Å². The quantitative estimate of drug-likeness (QED) is 0.336. The van der Waals surface area contributed by atoms with Gasteiger partial charge in [0.15, 0.2) is 10.7 Å². The molecule has 0 unspecified atom stereocenters. The number of nitrogens with zero attached hydrogens (tertiary/aromatic N) is 3. The van der Waals surface area contributed by atoms with Crippen molar-refractivity contribution < 1.29 is 18.7 Å². The molecule has 0 N–H and O–H groups in total. The number of carbonyl (C=O) groups excluding carboxylic acids is 1. The number of anilines is 1. The Labute approximate surface area is 230 Å². The number of carbonyl (C=O) groups is 1. The topological polar surface area (TPSA) is 86.3 Å². The third-order valence-corrected chi connectivity index (χ3v) is 7.56. The molecular weight excluding hydrogens is 526 g/mol. The first kappa shape index (κ1) is 27.7. The van der Waals surface area contributed by atoms with Crippen LogP contribution in [0, 0.1) is 0 Å². The van der Waals surface area contributed by atoms with Crippen LogP contribution in [0.15, 0.2) is 55.8 Å². The lowest BCUT2D eigenvalue weighted by Gasteiger charge is -2.27. The number of aromatic nitrogens is 1. The van der Waals surface area contributed by atoms with Crippen molar-refractivity contribution in [2.75, 3.05) is 31.7 Å². The van der Waals surface area contributed by atoms with Crippen molar-refractivity contribution in [2.24, 2.45) is 4.99 Å². The second-order valence-corrected chi connectivity index (χ2v) is 10.1. The van der Waals surface area contributed by atoms with E-state index in [2.05, 4.69) is 18.7 Å². The van der Waals surface area contributed by atoms with Crippen molar-refractivity contribution in [2.45, 2.75) is 46.6 Å². The summed E-state index contributed by atoms with van der Waals surface area (Å²) in [5, 5.41) is 0.458. The van der Waals surface area contributed by atoms with Gasteiger partial charge in [-0.2, -0.15) is 0 Å². The summed E-state index contributed by atoms with van der Waals surface area (Å²) < 4.78 is 19.1. The lowest BCUT2D eigenvalue weighted by molar-refractivity contribution is -0.139. The Morgan fingerprint density at radius 3 is 2.63 bits per heavy atom. The first-order chi connectivity index (χ1) is 18.4. The molecule has 0 aliphatic carbocycles. The summed E-state index contributed by atoms with van der Waals surface area (Å²) >= 11 is 7.64. The summed E-state index contributed by atoms with van der Waals surface area (Å²) in [5.41, 5.74) is 1.20. The standard InChI is InChI=1S/C28H32ClN3O5S/c1-6-10-20-24(27(34)36-9-4)25(19-15-17(29)11-13-21(19)35-5)32-26(33)22(38-28(32)30-20)16-18-12-14-23(37-18)31(7-2)8-3/h11-16,25H,6-10H2,1-5H3/b22-16+/t25-/m1/s1. The fourth-order valence-electron chi connectivity index (χ4n) is 4.59. The SMILES string of the molecule is CCCC1=C(C(=O)OCC)[C@@H](c2cc(Cl)ccc2OC)n2c(s/c(=C/c3ccc(N(CC)CC)o3)c2=O)=N1. The fourth-order valence-corrected chi connectivity index (χ4v) is 5.77. The van der Waals surface area contributed by atoms with Crippen molar-refractivity contribution in [1.29, 1.82) is 0 Å². The van der Waals surface area contributed by atoms with Gasteiger partial charge in [0.1, 0.15) is 17.6 Å². The Morgan fingerprint density at radius 2 is 1.97 bits per heavy atom. The lowest BCUT2D eigenvalue weighted by Crippen LogP contribution is -2.40. The average Bonchev–Trinajstić information content (AvgIpc) is 3.48. The van der Waals surface area contributed by atoms with E-state index in [9.17, 15) is 9.59 Å². The third kappa shape index (κ3) is 5.31. The lowest BCUT2D eigenvalue weighted by atomic mass is 9.93. The molecule has 0 bridgehead atoms. The summed E-state index contributed by atoms with van der Waals surface area (Å²) in [5.74, 6) is 1.29. The van der Waals surface area contributed by atoms with Gasteiger partial charge < -0.3 is 18.8 Å². The van der Waals surface area contributed by atoms with E-state index in [0.717, 1.165) is 25.4 Å². The van der Waals surface area contributed by atoms with Crippen LogP contribution in [0.3, 0.4) is 0 Å². The number of benzene rings is 1. The molecule has 0 fully saturated rings. The monoisotopic (exact) mass is 557 g/mol. The molecule has 1 atom stereocenters. The molecule has 1 aliphatic rings. The summed E-state index contributed by atoms with van der Waals surface area (Å²) in [6.07, 6.45) is 3.02. The number of halogens is 1. The van der Waals surface area contributed by atoms with Gasteiger partial charge in [0.2, 0.25) is 0 Å². The van der Waals surface area contributed by atoms with E-state index < -0.39 is 12.0 Å². The molecule has 2 aromatic heterocycles. The molecule has 10 heteroatoms. The molecule has 1 aliphatic heterocycles. The minimum absolute atomic E-state index is 0.193. The highest BCUT2D eigenvalue weighted by molar-refractivity contribution is 7.07. The van der Waals surface area contributed by atoms with E-state index in [1.54, 1.807) is 38.3 Å². The van der Waals surface area contributed by atoms with Gasteiger partial charge in [0, 0.05) is 35.8 Å². The van der Waals surface area contributed by atoms with Crippen LogP contribution in [-0.4, -0.2) is 37.3 Å². The summed E-state index contributed by atoms with van der Waals surface area (Å²) in [6.45, 7) is 9.69. The van der Waals surface area contributed by atoms with Crippen molar-refractivity contribution in [1.82, 2.24) is 4.57 Å². The maximum atomic E-state index is 13.9. The summed E-state index contributed by atoms with van der Waals surface area (Å²) in [7, 11) is 1.54.